The quantitative estimate of drug-likeness (QED) is 0.178. The maximum atomic E-state index is 6.54. The molecule has 1 aromatic heterocycles. The van der Waals surface area contributed by atoms with Crippen molar-refractivity contribution >= 4 is 22.6 Å². The van der Waals surface area contributed by atoms with Gasteiger partial charge in [-0.25, -0.2) is 4.98 Å². The summed E-state index contributed by atoms with van der Waals surface area (Å²) in [6.07, 6.45) is 23.2. The van der Waals surface area contributed by atoms with Gasteiger partial charge in [-0.2, -0.15) is 0 Å². The van der Waals surface area contributed by atoms with Crippen molar-refractivity contribution in [2.75, 3.05) is 20.6 Å². The third kappa shape index (κ3) is 11.3. The first-order chi connectivity index (χ1) is 16.1. The summed E-state index contributed by atoms with van der Waals surface area (Å²) >= 11 is 6.54. The van der Waals surface area contributed by atoms with Crippen molar-refractivity contribution < 1.29 is 0 Å². The zero-order chi connectivity index (χ0) is 23.7. The Kier molecular flexibility index (Phi) is 14.8. The topological polar surface area (TPSA) is 21.1 Å². The molecule has 0 aliphatic heterocycles. The first-order valence-electron chi connectivity index (χ1n) is 13.9. The lowest BCUT2D eigenvalue weighted by atomic mass is 10.0. The molecule has 0 saturated heterocycles. The molecule has 33 heavy (non-hydrogen) atoms. The fraction of sp³-hybridized carbons (Fsp3) is 0.759. The number of fused-ring (bicyclic) bond motifs is 1. The van der Waals surface area contributed by atoms with Gasteiger partial charge in [-0.05, 0) is 45.6 Å². The monoisotopic (exact) mass is 475 g/mol. The molecule has 0 saturated carbocycles. The number of benzene rings is 1. The fourth-order valence-electron chi connectivity index (χ4n) is 4.82. The summed E-state index contributed by atoms with van der Waals surface area (Å²) in [7, 11) is 4.27. The van der Waals surface area contributed by atoms with Crippen LogP contribution in [0, 0.1) is 0 Å². The van der Waals surface area contributed by atoms with Crippen LogP contribution in [0.15, 0.2) is 18.2 Å². The molecule has 0 amide bonds. The number of halogens is 1. The van der Waals surface area contributed by atoms with E-state index < -0.39 is 0 Å². The maximum Gasteiger partial charge on any atom is 0.109 e. The zero-order valence-corrected chi connectivity index (χ0v) is 22.6. The highest BCUT2D eigenvalue weighted by Crippen LogP contribution is 2.26. The first kappa shape index (κ1) is 28.2. The van der Waals surface area contributed by atoms with Gasteiger partial charge in [0.1, 0.15) is 5.82 Å². The maximum absolute atomic E-state index is 6.54. The highest BCUT2D eigenvalue weighted by Gasteiger charge is 2.13. The number of unbranched alkanes of at least 4 members (excludes halogenated alkanes) is 14. The highest BCUT2D eigenvalue weighted by molar-refractivity contribution is 6.35. The number of nitrogens with zero attached hydrogens (tertiary/aromatic N) is 3. The number of hydrogen-bond acceptors (Lipinski definition) is 2. The zero-order valence-electron chi connectivity index (χ0n) is 21.9. The molecule has 0 radical (unpaired) electrons. The molecular formula is C29H50ClN3. The van der Waals surface area contributed by atoms with Crippen LogP contribution in [0.5, 0.6) is 0 Å². The number of aryl methyl sites for hydroxylation is 2. The Bertz CT molecular complexity index is 753. The van der Waals surface area contributed by atoms with Crippen molar-refractivity contribution in [3.8, 4) is 0 Å². The molecule has 0 aliphatic carbocycles. The second kappa shape index (κ2) is 17.4. The van der Waals surface area contributed by atoms with Crippen molar-refractivity contribution in [3.63, 3.8) is 0 Å². The van der Waals surface area contributed by atoms with Crippen LogP contribution in [-0.2, 0) is 13.0 Å². The molecule has 188 valence electrons. The Morgan fingerprint density at radius 3 is 1.85 bits per heavy atom. The molecule has 0 aliphatic rings. The lowest BCUT2D eigenvalue weighted by Crippen LogP contribution is -2.16. The summed E-state index contributed by atoms with van der Waals surface area (Å²) < 4.78 is 2.38. The minimum absolute atomic E-state index is 0.826. The van der Waals surface area contributed by atoms with E-state index in [0.717, 1.165) is 42.0 Å². The predicted molar refractivity (Wildman–Crippen MR) is 147 cm³/mol. The summed E-state index contributed by atoms with van der Waals surface area (Å²) in [6, 6.07) is 6.10. The van der Waals surface area contributed by atoms with Gasteiger partial charge in [0.25, 0.3) is 0 Å². The van der Waals surface area contributed by atoms with Crippen molar-refractivity contribution in [2.24, 2.45) is 0 Å². The lowest BCUT2D eigenvalue weighted by molar-refractivity contribution is 0.386. The summed E-state index contributed by atoms with van der Waals surface area (Å²) in [6.45, 7) is 4.37. The molecule has 0 bridgehead atoms. The molecule has 0 spiro atoms. The van der Waals surface area contributed by atoms with Crippen molar-refractivity contribution in [3.05, 3.63) is 29.0 Å². The van der Waals surface area contributed by atoms with Gasteiger partial charge in [-0.1, -0.05) is 114 Å². The average Bonchev–Trinajstić information content (AvgIpc) is 3.15. The van der Waals surface area contributed by atoms with Gasteiger partial charge in [-0.15, -0.1) is 0 Å². The number of aromatic nitrogens is 2. The number of para-hydroxylation sites is 1. The summed E-state index contributed by atoms with van der Waals surface area (Å²) in [5.41, 5.74) is 2.16. The molecule has 2 aromatic rings. The molecule has 0 fully saturated rings. The van der Waals surface area contributed by atoms with Gasteiger partial charge in [-0.3, -0.25) is 0 Å². The second-order valence-electron chi connectivity index (χ2n) is 10.1. The smallest absolute Gasteiger partial charge is 0.109 e. The largest absolute Gasteiger partial charge is 0.327 e. The SMILES string of the molecule is CCCCCCCCCCCCCCCCCc1nc2cccc(Cl)c2n1CCCN(C)C. The lowest BCUT2D eigenvalue weighted by Gasteiger charge is -2.13. The molecular weight excluding hydrogens is 426 g/mol. The van der Waals surface area contributed by atoms with E-state index in [1.165, 1.54) is 102 Å². The predicted octanol–water partition coefficient (Wildman–Crippen LogP) is 9.06. The van der Waals surface area contributed by atoms with Crippen LogP contribution >= 0.6 is 11.6 Å². The minimum atomic E-state index is 0.826. The molecule has 0 atom stereocenters. The van der Waals surface area contributed by atoms with E-state index >= 15 is 0 Å². The summed E-state index contributed by atoms with van der Waals surface area (Å²) in [5, 5.41) is 0.826. The van der Waals surface area contributed by atoms with E-state index in [9.17, 15) is 0 Å². The summed E-state index contributed by atoms with van der Waals surface area (Å²) in [4.78, 5) is 7.18. The fourth-order valence-corrected chi connectivity index (χ4v) is 5.09. The molecule has 2 rings (SSSR count). The van der Waals surface area contributed by atoms with Crippen LogP contribution in [-0.4, -0.2) is 35.1 Å². The van der Waals surface area contributed by atoms with E-state index in [-0.39, 0.29) is 0 Å². The van der Waals surface area contributed by atoms with E-state index in [1.54, 1.807) is 0 Å². The third-order valence-electron chi connectivity index (χ3n) is 6.79. The minimum Gasteiger partial charge on any atom is -0.327 e. The van der Waals surface area contributed by atoms with Crippen LogP contribution in [0.2, 0.25) is 5.02 Å². The number of rotatable bonds is 20. The van der Waals surface area contributed by atoms with Gasteiger partial charge >= 0.3 is 0 Å². The Labute approximate surface area is 209 Å². The van der Waals surface area contributed by atoms with Gasteiger partial charge in [0.05, 0.1) is 16.1 Å². The Morgan fingerprint density at radius 2 is 1.30 bits per heavy atom. The van der Waals surface area contributed by atoms with Crippen LogP contribution in [0.1, 0.15) is 115 Å². The second-order valence-corrected chi connectivity index (χ2v) is 10.6. The molecule has 1 heterocycles. The van der Waals surface area contributed by atoms with Crippen LogP contribution in [0.3, 0.4) is 0 Å². The number of imidazole rings is 1. The standard InChI is InChI=1S/C29H50ClN3/c1-4-5-6-7-8-9-10-11-12-13-14-15-16-17-18-23-28-31-27-22-19-21-26(30)29(27)33(28)25-20-24-32(2)3/h19,21-22H,4-18,20,23-25H2,1-3H3. The van der Waals surface area contributed by atoms with Crippen molar-refractivity contribution in [2.45, 2.75) is 123 Å². The highest BCUT2D eigenvalue weighted by atomic mass is 35.5. The average molecular weight is 476 g/mol. The van der Waals surface area contributed by atoms with Gasteiger partial charge in [0, 0.05) is 13.0 Å². The van der Waals surface area contributed by atoms with Crippen LogP contribution < -0.4 is 0 Å². The summed E-state index contributed by atoms with van der Waals surface area (Å²) in [5.74, 6) is 1.21. The molecule has 0 N–H and O–H groups in total. The molecule has 0 unspecified atom stereocenters. The third-order valence-corrected chi connectivity index (χ3v) is 7.09. The Morgan fingerprint density at radius 1 is 0.758 bits per heavy atom. The Balaban J connectivity index is 1.59. The van der Waals surface area contributed by atoms with Gasteiger partial charge in [0.15, 0.2) is 0 Å². The molecule has 1 aromatic carbocycles. The van der Waals surface area contributed by atoms with E-state index in [4.69, 9.17) is 16.6 Å². The van der Waals surface area contributed by atoms with Gasteiger partial charge in [0.2, 0.25) is 0 Å². The Hall–Kier alpha value is -1.06. The van der Waals surface area contributed by atoms with E-state index in [0.29, 0.717) is 0 Å². The van der Waals surface area contributed by atoms with E-state index in [1.807, 2.05) is 12.1 Å². The van der Waals surface area contributed by atoms with Crippen LogP contribution in [0.4, 0.5) is 0 Å². The van der Waals surface area contributed by atoms with Crippen LogP contribution in [0.25, 0.3) is 11.0 Å². The first-order valence-corrected chi connectivity index (χ1v) is 14.3. The molecule has 3 nitrogen and oxygen atoms in total. The van der Waals surface area contributed by atoms with Crippen molar-refractivity contribution in [1.29, 1.82) is 0 Å². The van der Waals surface area contributed by atoms with Gasteiger partial charge < -0.3 is 9.47 Å². The van der Waals surface area contributed by atoms with Crippen molar-refractivity contribution in [1.82, 2.24) is 14.5 Å². The normalized spacial score (nSPS) is 11.8. The molecule has 4 heteroatoms. The van der Waals surface area contributed by atoms with E-state index in [2.05, 4.69) is 36.6 Å². The number of hydrogen-bond donors (Lipinski definition) is 0.